The zero-order valence-corrected chi connectivity index (χ0v) is 11.2. The predicted molar refractivity (Wildman–Crippen MR) is 65.0 cm³/mol. The maximum atomic E-state index is 5.87. The minimum Gasteiger partial charge on any atom is -0.454 e. The average Bonchev–Trinajstić information content (AvgIpc) is 2.55. The molecule has 0 amide bonds. The molecule has 0 saturated carbocycles. The van der Waals surface area contributed by atoms with E-state index in [1.807, 2.05) is 20.9 Å². The van der Waals surface area contributed by atoms with Crippen LogP contribution in [0, 0.1) is 0 Å². The van der Waals surface area contributed by atoms with Crippen LogP contribution in [0.2, 0.25) is 0 Å². The summed E-state index contributed by atoms with van der Waals surface area (Å²) in [4.78, 5) is 6.59. The van der Waals surface area contributed by atoms with Crippen LogP contribution in [0.15, 0.2) is 4.99 Å². The lowest BCUT2D eigenvalue weighted by Gasteiger charge is -2.35. The first-order chi connectivity index (χ1) is 8.02. The number of nitrogens with zero attached hydrogens (tertiary/aromatic N) is 2. The average molecular weight is 242 g/mol. The summed E-state index contributed by atoms with van der Waals surface area (Å²) < 4.78 is 16.9. The zero-order chi connectivity index (χ0) is 12.6. The Labute approximate surface area is 103 Å². The molecule has 2 aliphatic rings. The summed E-state index contributed by atoms with van der Waals surface area (Å²) in [6, 6.07) is 1.22. The van der Waals surface area contributed by atoms with E-state index in [-0.39, 0.29) is 24.5 Å². The second-order valence-corrected chi connectivity index (χ2v) is 5.05. The number of amidine groups is 1. The molecule has 98 valence electrons. The van der Waals surface area contributed by atoms with Crippen molar-refractivity contribution in [2.75, 3.05) is 14.2 Å². The third-order valence-electron chi connectivity index (χ3n) is 3.23. The maximum Gasteiger partial charge on any atom is 0.288 e. The molecule has 5 nitrogen and oxygen atoms in total. The first kappa shape index (κ1) is 12.6. The molecular weight excluding hydrogens is 220 g/mol. The molecule has 17 heavy (non-hydrogen) atoms. The van der Waals surface area contributed by atoms with Crippen LogP contribution in [0.3, 0.4) is 0 Å². The fourth-order valence-corrected chi connectivity index (χ4v) is 2.41. The second-order valence-electron chi connectivity index (χ2n) is 5.05. The molecule has 2 aliphatic heterocycles. The van der Waals surface area contributed by atoms with Crippen LogP contribution in [-0.4, -0.2) is 55.7 Å². The van der Waals surface area contributed by atoms with Crippen LogP contribution in [0.1, 0.15) is 27.2 Å². The van der Waals surface area contributed by atoms with Crippen molar-refractivity contribution in [1.82, 2.24) is 4.90 Å². The van der Waals surface area contributed by atoms with Gasteiger partial charge in [-0.05, 0) is 27.2 Å². The van der Waals surface area contributed by atoms with Crippen molar-refractivity contribution < 1.29 is 14.2 Å². The van der Waals surface area contributed by atoms with Gasteiger partial charge in [-0.1, -0.05) is 0 Å². The van der Waals surface area contributed by atoms with E-state index in [0.717, 1.165) is 6.42 Å². The number of rotatable bonds is 2. The van der Waals surface area contributed by atoms with Crippen LogP contribution in [0.5, 0.6) is 0 Å². The normalized spacial score (nSPS) is 39.6. The van der Waals surface area contributed by atoms with Gasteiger partial charge in [-0.2, -0.15) is 0 Å². The van der Waals surface area contributed by atoms with Crippen molar-refractivity contribution in [3.8, 4) is 0 Å². The van der Waals surface area contributed by atoms with E-state index >= 15 is 0 Å². The number of likely N-dealkylation sites (N-methyl/N-ethyl adjacent to an activating group) is 1. The van der Waals surface area contributed by atoms with Gasteiger partial charge in [0.2, 0.25) is 0 Å². The number of aliphatic imine (C=N–C) groups is 1. The Morgan fingerprint density at radius 1 is 1.47 bits per heavy atom. The van der Waals surface area contributed by atoms with E-state index in [4.69, 9.17) is 14.2 Å². The molecule has 2 rings (SSSR count). The van der Waals surface area contributed by atoms with E-state index in [1.165, 1.54) is 0 Å². The molecule has 2 fully saturated rings. The van der Waals surface area contributed by atoms with Gasteiger partial charge < -0.3 is 19.1 Å². The summed E-state index contributed by atoms with van der Waals surface area (Å²) >= 11 is 0. The number of ether oxygens (including phenoxy) is 3. The maximum absolute atomic E-state index is 5.87. The lowest BCUT2D eigenvalue weighted by molar-refractivity contribution is -0.223. The zero-order valence-electron chi connectivity index (χ0n) is 11.2. The fraction of sp³-hybridized carbons (Fsp3) is 0.917. The fourth-order valence-electron chi connectivity index (χ4n) is 2.41. The van der Waals surface area contributed by atoms with Crippen LogP contribution in [0.25, 0.3) is 0 Å². The van der Waals surface area contributed by atoms with Gasteiger partial charge in [0.25, 0.3) is 6.02 Å². The highest BCUT2D eigenvalue weighted by atomic mass is 16.7. The minimum absolute atomic E-state index is 0.0706. The summed E-state index contributed by atoms with van der Waals surface area (Å²) in [6.45, 7) is 6.14. The third-order valence-corrected chi connectivity index (χ3v) is 3.23. The Kier molecular flexibility index (Phi) is 3.58. The van der Waals surface area contributed by atoms with Gasteiger partial charge in [0, 0.05) is 20.2 Å². The van der Waals surface area contributed by atoms with Crippen LogP contribution >= 0.6 is 0 Å². The number of hydrogen-bond donors (Lipinski definition) is 0. The molecule has 0 radical (unpaired) electrons. The molecule has 0 N–H and O–H groups in total. The van der Waals surface area contributed by atoms with Gasteiger partial charge in [-0.15, -0.1) is 0 Å². The van der Waals surface area contributed by atoms with E-state index in [1.54, 1.807) is 7.11 Å². The molecule has 0 aromatic rings. The van der Waals surface area contributed by atoms with Gasteiger partial charge in [-0.25, -0.2) is 4.99 Å². The third kappa shape index (κ3) is 2.40. The summed E-state index contributed by atoms with van der Waals surface area (Å²) in [5.41, 5.74) is 0. The first-order valence-corrected chi connectivity index (χ1v) is 6.18. The first-order valence-electron chi connectivity index (χ1n) is 6.18. The SMILES string of the molecule is CO[C@@H]1O[C@H](C)C[C@H]2[C@H]1OC(=NC(C)C)N2C. The molecule has 5 heteroatoms. The van der Waals surface area contributed by atoms with E-state index in [2.05, 4.69) is 16.8 Å². The van der Waals surface area contributed by atoms with Crippen LogP contribution < -0.4 is 0 Å². The van der Waals surface area contributed by atoms with Gasteiger partial charge >= 0.3 is 0 Å². The monoisotopic (exact) mass is 242 g/mol. The Morgan fingerprint density at radius 2 is 2.18 bits per heavy atom. The molecule has 0 aliphatic carbocycles. The molecule has 0 aromatic heterocycles. The molecule has 0 bridgehead atoms. The van der Waals surface area contributed by atoms with Crippen molar-refractivity contribution in [1.29, 1.82) is 0 Å². The lowest BCUT2D eigenvalue weighted by atomic mass is 10.0. The van der Waals surface area contributed by atoms with E-state index in [9.17, 15) is 0 Å². The largest absolute Gasteiger partial charge is 0.454 e. The molecule has 2 heterocycles. The summed E-state index contributed by atoms with van der Waals surface area (Å²) in [5.74, 6) is 0. The minimum atomic E-state index is -0.300. The molecule has 0 aromatic carbocycles. The summed E-state index contributed by atoms with van der Waals surface area (Å²) in [7, 11) is 3.68. The second kappa shape index (κ2) is 4.82. The predicted octanol–water partition coefficient (Wildman–Crippen LogP) is 1.23. The van der Waals surface area contributed by atoms with Crippen LogP contribution in [-0.2, 0) is 14.2 Å². The summed E-state index contributed by atoms with van der Waals surface area (Å²) in [6.07, 6.45) is 0.758. The van der Waals surface area contributed by atoms with Crippen molar-refractivity contribution >= 4 is 6.02 Å². The molecular formula is C12H22N2O3. The van der Waals surface area contributed by atoms with E-state index in [0.29, 0.717) is 12.1 Å². The Balaban J connectivity index is 2.17. The Bertz CT molecular complexity index is 306. The molecule has 4 atom stereocenters. The van der Waals surface area contributed by atoms with Crippen molar-refractivity contribution in [3.63, 3.8) is 0 Å². The molecule has 0 spiro atoms. The Morgan fingerprint density at radius 3 is 2.76 bits per heavy atom. The number of hydrogen-bond acceptors (Lipinski definition) is 4. The highest BCUT2D eigenvalue weighted by molar-refractivity contribution is 5.76. The number of methoxy groups -OCH3 is 1. The van der Waals surface area contributed by atoms with Gasteiger partial charge in [-0.3, -0.25) is 0 Å². The lowest BCUT2D eigenvalue weighted by Crippen LogP contribution is -2.49. The van der Waals surface area contributed by atoms with Crippen molar-refractivity contribution in [3.05, 3.63) is 0 Å². The Hall–Kier alpha value is -0.810. The van der Waals surface area contributed by atoms with Gasteiger partial charge in [0.1, 0.15) is 0 Å². The quantitative estimate of drug-likeness (QED) is 0.730. The number of fused-ring (bicyclic) bond motifs is 1. The highest BCUT2D eigenvalue weighted by Crippen LogP contribution is 2.31. The van der Waals surface area contributed by atoms with Crippen molar-refractivity contribution in [2.24, 2.45) is 4.99 Å². The van der Waals surface area contributed by atoms with Crippen LogP contribution in [0.4, 0.5) is 0 Å². The molecule has 0 unspecified atom stereocenters. The van der Waals surface area contributed by atoms with Gasteiger partial charge in [0.05, 0.1) is 12.1 Å². The van der Waals surface area contributed by atoms with E-state index < -0.39 is 0 Å². The standard InChI is InChI=1S/C12H22N2O3/c1-7(2)13-12-14(4)9-6-8(3)16-11(15-5)10(9)17-12/h7-11H,6H2,1-5H3/t8-,9+,10-,11-/m1/s1. The smallest absolute Gasteiger partial charge is 0.288 e. The summed E-state index contributed by atoms with van der Waals surface area (Å²) in [5, 5.41) is 0. The highest BCUT2D eigenvalue weighted by Gasteiger charge is 2.48. The van der Waals surface area contributed by atoms with Gasteiger partial charge in [0.15, 0.2) is 12.4 Å². The van der Waals surface area contributed by atoms with Crippen molar-refractivity contribution in [2.45, 2.75) is 57.8 Å². The topological polar surface area (TPSA) is 43.3 Å². The molecule has 2 saturated heterocycles.